The smallest absolute Gasteiger partial charge is 0.147 e. The molecule has 0 unspecified atom stereocenters. The summed E-state index contributed by atoms with van der Waals surface area (Å²) in [6.45, 7) is 2.44. The Balaban J connectivity index is 2.95. The van der Waals surface area contributed by atoms with E-state index in [0.29, 0.717) is 24.1 Å². The lowest BCUT2D eigenvalue weighted by Crippen LogP contribution is -2.06. The molecule has 0 saturated carbocycles. The van der Waals surface area contributed by atoms with Crippen molar-refractivity contribution >= 4 is 21.7 Å². The molecule has 0 aliphatic rings. The van der Waals surface area contributed by atoms with E-state index in [9.17, 15) is 4.79 Å². The van der Waals surface area contributed by atoms with Crippen LogP contribution in [0.2, 0.25) is 0 Å². The molecule has 0 bridgehead atoms. The fourth-order valence-corrected chi connectivity index (χ4v) is 1.62. The van der Waals surface area contributed by atoms with Crippen LogP contribution in [0.3, 0.4) is 0 Å². The highest BCUT2D eigenvalue weighted by Crippen LogP contribution is 2.21. The fourth-order valence-electron chi connectivity index (χ4n) is 1.43. The monoisotopic (exact) mass is 286 g/mol. The standard InChI is InChI=1S/C12H15BrO3/c1-2-16-12-4-3-9(8-14)5-10(12)6-11(15)7-13/h3-5,14H,2,6-8H2,1H3. The molecule has 0 heterocycles. The molecule has 0 aliphatic heterocycles. The molecule has 1 rings (SSSR count). The van der Waals surface area contributed by atoms with Gasteiger partial charge in [-0.05, 0) is 24.6 Å². The third kappa shape index (κ3) is 3.61. The second kappa shape index (κ2) is 6.66. The van der Waals surface area contributed by atoms with Crippen molar-refractivity contribution in [3.63, 3.8) is 0 Å². The third-order valence-corrected chi connectivity index (χ3v) is 2.77. The Morgan fingerprint density at radius 2 is 2.25 bits per heavy atom. The maximum atomic E-state index is 11.4. The molecule has 4 heteroatoms. The summed E-state index contributed by atoms with van der Waals surface area (Å²) < 4.78 is 5.43. The van der Waals surface area contributed by atoms with Gasteiger partial charge in [0, 0.05) is 12.0 Å². The van der Waals surface area contributed by atoms with E-state index < -0.39 is 0 Å². The molecule has 1 N–H and O–H groups in total. The second-order valence-electron chi connectivity index (χ2n) is 3.38. The number of ketones is 1. The Morgan fingerprint density at radius 1 is 1.50 bits per heavy atom. The Hall–Kier alpha value is -0.870. The zero-order chi connectivity index (χ0) is 12.0. The van der Waals surface area contributed by atoms with Crippen LogP contribution in [-0.2, 0) is 17.8 Å². The number of ether oxygens (including phenoxy) is 1. The van der Waals surface area contributed by atoms with E-state index in [-0.39, 0.29) is 12.4 Å². The second-order valence-corrected chi connectivity index (χ2v) is 3.94. The summed E-state index contributed by atoms with van der Waals surface area (Å²) in [4.78, 5) is 11.4. The van der Waals surface area contributed by atoms with Gasteiger partial charge in [-0.1, -0.05) is 22.0 Å². The first-order chi connectivity index (χ1) is 7.71. The lowest BCUT2D eigenvalue weighted by molar-refractivity contribution is -0.115. The highest BCUT2D eigenvalue weighted by Gasteiger charge is 2.09. The Bertz CT molecular complexity index is 363. The number of rotatable bonds is 6. The van der Waals surface area contributed by atoms with Crippen LogP contribution >= 0.6 is 15.9 Å². The van der Waals surface area contributed by atoms with Gasteiger partial charge in [0.05, 0.1) is 18.5 Å². The van der Waals surface area contributed by atoms with Gasteiger partial charge in [0.25, 0.3) is 0 Å². The van der Waals surface area contributed by atoms with Crippen LogP contribution in [0.5, 0.6) is 5.75 Å². The minimum atomic E-state index is -0.0259. The van der Waals surface area contributed by atoms with Gasteiger partial charge in [-0.15, -0.1) is 0 Å². The van der Waals surface area contributed by atoms with Crippen molar-refractivity contribution in [1.29, 1.82) is 0 Å². The van der Waals surface area contributed by atoms with Gasteiger partial charge >= 0.3 is 0 Å². The first kappa shape index (κ1) is 13.2. The van der Waals surface area contributed by atoms with Crippen LogP contribution in [0.25, 0.3) is 0 Å². The van der Waals surface area contributed by atoms with Gasteiger partial charge in [-0.25, -0.2) is 0 Å². The first-order valence-corrected chi connectivity index (χ1v) is 6.26. The molecule has 0 atom stereocenters. The zero-order valence-corrected chi connectivity index (χ0v) is 10.8. The highest BCUT2D eigenvalue weighted by molar-refractivity contribution is 9.09. The van der Waals surface area contributed by atoms with Crippen LogP contribution in [0.15, 0.2) is 18.2 Å². The van der Waals surface area contributed by atoms with E-state index in [1.807, 2.05) is 13.0 Å². The van der Waals surface area contributed by atoms with Crippen LogP contribution in [0.4, 0.5) is 0 Å². The van der Waals surface area contributed by atoms with Crippen molar-refractivity contribution in [2.24, 2.45) is 0 Å². The van der Waals surface area contributed by atoms with Crippen LogP contribution in [0, 0.1) is 0 Å². The van der Waals surface area contributed by atoms with E-state index in [0.717, 1.165) is 11.1 Å². The Kier molecular flexibility index (Phi) is 5.49. The lowest BCUT2D eigenvalue weighted by atomic mass is 10.1. The van der Waals surface area contributed by atoms with Gasteiger partial charge in [-0.2, -0.15) is 0 Å². The average Bonchev–Trinajstić information content (AvgIpc) is 2.31. The molecule has 0 saturated heterocycles. The SMILES string of the molecule is CCOc1ccc(CO)cc1CC(=O)CBr. The molecule has 88 valence electrons. The van der Waals surface area contributed by atoms with Crippen LogP contribution in [-0.4, -0.2) is 22.8 Å². The van der Waals surface area contributed by atoms with Gasteiger partial charge in [0.1, 0.15) is 11.5 Å². The molecule has 3 nitrogen and oxygen atoms in total. The summed E-state index contributed by atoms with van der Waals surface area (Å²) in [7, 11) is 0. The highest BCUT2D eigenvalue weighted by atomic mass is 79.9. The summed E-state index contributed by atoms with van der Waals surface area (Å²) in [6, 6.07) is 5.41. The summed E-state index contributed by atoms with van der Waals surface area (Å²) in [5.74, 6) is 0.810. The van der Waals surface area contributed by atoms with Crippen molar-refractivity contribution < 1.29 is 14.6 Å². The molecule has 0 amide bonds. The van der Waals surface area contributed by atoms with Crippen molar-refractivity contribution in [3.8, 4) is 5.75 Å². The molecule has 1 aromatic rings. The number of benzene rings is 1. The molecular weight excluding hydrogens is 272 g/mol. The average molecular weight is 287 g/mol. The van der Waals surface area contributed by atoms with Crippen LogP contribution < -0.4 is 4.74 Å². The maximum absolute atomic E-state index is 11.4. The number of aliphatic hydroxyl groups excluding tert-OH is 1. The predicted molar refractivity (Wildman–Crippen MR) is 66.0 cm³/mol. The number of carbonyl (C=O) groups excluding carboxylic acids is 1. The number of alkyl halides is 1. The lowest BCUT2D eigenvalue weighted by Gasteiger charge is -2.10. The molecule has 0 spiro atoms. The normalized spacial score (nSPS) is 10.2. The van der Waals surface area contributed by atoms with Crippen molar-refractivity contribution in [2.75, 3.05) is 11.9 Å². The van der Waals surface area contributed by atoms with Gasteiger partial charge in [0.2, 0.25) is 0 Å². The van der Waals surface area contributed by atoms with Gasteiger partial charge in [0.15, 0.2) is 0 Å². The van der Waals surface area contributed by atoms with E-state index in [1.54, 1.807) is 12.1 Å². The van der Waals surface area contributed by atoms with E-state index in [2.05, 4.69) is 15.9 Å². The van der Waals surface area contributed by atoms with Crippen molar-refractivity contribution in [2.45, 2.75) is 20.0 Å². The summed E-state index contributed by atoms with van der Waals surface area (Å²) in [6.07, 6.45) is 0.328. The number of aliphatic hydroxyl groups is 1. The zero-order valence-electron chi connectivity index (χ0n) is 9.20. The third-order valence-electron chi connectivity index (χ3n) is 2.14. The topological polar surface area (TPSA) is 46.5 Å². The fraction of sp³-hybridized carbons (Fsp3) is 0.417. The van der Waals surface area contributed by atoms with Crippen molar-refractivity contribution in [1.82, 2.24) is 0 Å². The number of hydrogen-bond donors (Lipinski definition) is 1. The van der Waals surface area contributed by atoms with Crippen LogP contribution in [0.1, 0.15) is 18.1 Å². The van der Waals surface area contributed by atoms with Crippen molar-refractivity contribution in [3.05, 3.63) is 29.3 Å². The molecule has 16 heavy (non-hydrogen) atoms. The maximum Gasteiger partial charge on any atom is 0.147 e. The number of Topliss-reactive ketones (excluding diaryl/α,β-unsaturated/α-hetero) is 1. The summed E-state index contributed by atoms with van der Waals surface area (Å²) in [5.41, 5.74) is 1.62. The largest absolute Gasteiger partial charge is 0.494 e. The molecule has 0 aliphatic carbocycles. The summed E-state index contributed by atoms with van der Waals surface area (Å²) >= 11 is 3.13. The Morgan fingerprint density at radius 3 is 2.81 bits per heavy atom. The number of halogens is 1. The molecule has 0 radical (unpaired) electrons. The predicted octanol–water partition coefficient (Wildman–Crippen LogP) is 2.08. The summed E-state index contributed by atoms with van der Waals surface area (Å²) in [5, 5.41) is 9.37. The minimum absolute atomic E-state index is 0.0259. The number of hydrogen-bond acceptors (Lipinski definition) is 3. The first-order valence-electron chi connectivity index (χ1n) is 5.14. The minimum Gasteiger partial charge on any atom is -0.494 e. The van der Waals surface area contributed by atoms with E-state index >= 15 is 0 Å². The number of carbonyl (C=O) groups is 1. The Labute approximate surface area is 104 Å². The van der Waals surface area contributed by atoms with Gasteiger partial charge in [-0.3, -0.25) is 4.79 Å². The van der Waals surface area contributed by atoms with E-state index in [1.165, 1.54) is 0 Å². The molecule has 0 aromatic heterocycles. The molecule has 0 fully saturated rings. The molecule has 1 aromatic carbocycles. The van der Waals surface area contributed by atoms with E-state index in [4.69, 9.17) is 9.84 Å². The molecular formula is C12H15BrO3. The quantitative estimate of drug-likeness (QED) is 0.815. The van der Waals surface area contributed by atoms with Gasteiger partial charge < -0.3 is 9.84 Å².